The van der Waals surface area contributed by atoms with Crippen LogP contribution in [-0.2, 0) is 4.79 Å². The summed E-state index contributed by atoms with van der Waals surface area (Å²) in [5.74, 6) is 2.83. The van der Waals surface area contributed by atoms with E-state index in [1.807, 2.05) is 20.9 Å². The Morgan fingerprint density at radius 3 is 2.67 bits per heavy atom. The van der Waals surface area contributed by atoms with Gasteiger partial charge < -0.3 is 10.6 Å². The van der Waals surface area contributed by atoms with E-state index in [0.29, 0.717) is 12.6 Å². The lowest BCUT2D eigenvalue weighted by Gasteiger charge is -2.36. The fourth-order valence-corrected chi connectivity index (χ4v) is 3.06. The summed E-state index contributed by atoms with van der Waals surface area (Å²) in [5.41, 5.74) is -0.479. The van der Waals surface area contributed by atoms with Crippen molar-refractivity contribution in [3.05, 3.63) is 0 Å². The number of hydrogen-bond acceptors (Lipinski definition) is 3. The monoisotopic (exact) mass is 293 g/mol. The van der Waals surface area contributed by atoms with Crippen molar-refractivity contribution in [2.45, 2.75) is 64.0 Å². The minimum Gasteiger partial charge on any atom is -0.339 e. The predicted molar refractivity (Wildman–Crippen MR) is 88.0 cm³/mol. The fourth-order valence-electron chi connectivity index (χ4n) is 3.06. The van der Waals surface area contributed by atoms with Crippen LogP contribution in [0.3, 0.4) is 0 Å². The first-order valence-corrected chi connectivity index (χ1v) is 8.28. The van der Waals surface area contributed by atoms with Crippen LogP contribution in [0.25, 0.3) is 0 Å². The number of piperidine rings is 1. The van der Waals surface area contributed by atoms with Crippen LogP contribution < -0.4 is 10.6 Å². The molecule has 1 atom stereocenters. The number of carbonyl (C=O) groups excluding carboxylic acids is 1. The third kappa shape index (κ3) is 5.33. The highest BCUT2D eigenvalue weighted by molar-refractivity contribution is 5.79. The molecule has 0 aromatic rings. The van der Waals surface area contributed by atoms with Gasteiger partial charge in [-0.15, -0.1) is 6.42 Å². The largest absolute Gasteiger partial charge is 0.339 e. The first-order chi connectivity index (χ1) is 10.1. The summed E-state index contributed by atoms with van der Waals surface area (Å²) < 4.78 is 0. The number of amides is 1. The van der Waals surface area contributed by atoms with Gasteiger partial charge in [-0.2, -0.15) is 0 Å². The van der Waals surface area contributed by atoms with E-state index in [1.165, 1.54) is 19.3 Å². The predicted octanol–water partition coefficient (Wildman–Crippen LogP) is 1.76. The van der Waals surface area contributed by atoms with E-state index in [9.17, 15) is 4.79 Å². The zero-order valence-corrected chi connectivity index (χ0v) is 13.9. The normalized spacial score (nSPS) is 20.0. The molecule has 1 aliphatic heterocycles. The van der Waals surface area contributed by atoms with Crippen LogP contribution in [0.4, 0.5) is 0 Å². The van der Waals surface area contributed by atoms with Gasteiger partial charge in [0.1, 0.15) is 5.54 Å². The number of hydrogen-bond donors (Lipinski definition) is 2. The third-order valence-electron chi connectivity index (χ3n) is 4.69. The fraction of sp³-hybridized carbons (Fsp3) is 0.824. The summed E-state index contributed by atoms with van der Waals surface area (Å²) in [5, 5.41) is 6.27. The number of terminal acetylenes is 1. The Kier molecular flexibility index (Phi) is 7.77. The molecule has 2 N–H and O–H groups in total. The average molecular weight is 293 g/mol. The number of likely N-dealkylation sites (tertiary alicyclic amines) is 1. The highest BCUT2D eigenvalue weighted by atomic mass is 16.2. The smallest absolute Gasteiger partial charge is 0.235 e. The lowest BCUT2D eigenvalue weighted by atomic mass is 9.93. The zero-order valence-electron chi connectivity index (χ0n) is 13.9. The van der Waals surface area contributed by atoms with Crippen molar-refractivity contribution in [2.24, 2.45) is 0 Å². The van der Waals surface area contributed by atoms with E-state index >= 15 is 0 Å². The average Bonchev–Trinajstić information content (AvgIpc) is 2.52. The van der Waals surface area contributed by atoms with Gasteiger partial charge in [0.25, 0.3) is 0 Å². The van der Waals surface area contributed by atoms with Crippen molar-refractivity contribution in [3.63, 3.8) is 0 Å². The van der Waals surface area contributed by atoms with Gasteiger partial charge in [-0.3, -0.25) is 9.69 Å². The van der Waals surface area contributed by atoms with Gasteiger partial charge in [0.15, 0.2) is 0 Å². The van der Waals surface area contributed by atoms with Crippen LogP contribution in [0.15, 0.2) is 0 Å². The number of rotatable bonds is 8. The molecule has 120 valence electrons. The molecule has 1 amide bonds. The Balaban J connectivity index is 2.57. The first-order valence-electron chi connectivity index (χ1n) is 8.28. The Morgan fingerprint density at radius 1 is 1.38 bits per heavy atom. The van der Waals surface area contributed by atoms with Crippen LogP contribution in [0.2, 0.25) is 0 Å². The highest BCUT2D eigenvalue weighted by Crippen LogP contribution is 2.19. The summed E-state index contributed by atoms with van der Waals surface area (Å²) in [6.07, 6.45) is 11.9. The molecule has 0 aromatic heterocycles. The molecule has 1 aliphatic rings. The molecule has 0 aliphatic carbocycles. The van der Waals surface area contributed by atoms with E-state index in [2.05, 4.69) is 21.5 Å². The van der Waals surface area contributed by atoms with Crippen molar-refractivity contribution in [1.29, 1.82) is 0 Å². The van der Waals surface area contributed by atoms with E-state index in [1.54, 1.807) is 0 Å². The summed E-state index contributed by atoms with van der Waals surface area (Å²) in [4.78, 5) is 14.7. The maximum Gasteiger partial charge on any atom is 0.235 e. The molecule has 21 heavy (non-hydrogen) atoms. The molecule has 0 spiro atoms. The molecule has 4 heteroatoms. The molecule has 0 bridgehead atoms. The molecule has 1 saturated heterocycles. The van der Waals surface area contributed by atoms with Crippen LogP contribution in [-0.4, -0.2) is 49.1 Å². The molecular formula is C17H31N3O. The van der Waals surface area contributed by atoms with Crippen LogP contribution in [0.1, 0.15) is 52.4 Å². The zero-order chi connectivity index (χ0) is 15.7. The van der Waals surface area contributed by atoms with E-state index < -0.39 is 5.54 Å². The standard InChI is InChI=1S/C17H31N3O/c1-5-17(6-2,7-3)19-16(21)14-20-13-9-8-10-15(20)11-12-18-4/h1,15,18H,6-14H2,2-4H3,(H,19,21). The molecule has 0 aromatic carbocycles. The summed E-state index contributed by atoms with van der Waals surface area (Å²) in [6.45, 7) is 6.54. The SMILES string of the molecule is C#CC(CC)(CC)NC(=O)CN1CCCCC1CCNC. The molecule has 1 fully saturated rings. The molecule has 0 radical (unpaired) electrons. The van der Waals surface area contributed by atoms with Crippen LogP contribution in [0, 0.1) is 12.3 Å². The van der Waals surface area contributed by atoms with E-state index in [-0.39, 0.29) is 5.91 Å². The molecule has 0 saturated carbocycles. The van der Waals surface area contributed by atoms with Crippen molar-refractivity contribution in [3.8, 4) is 12.3 Å². The second kappa shape index (κ2) is 9.07. The Hall–Kier alpha value is -1.05. The van der Waals surface area contributed by atoms with Gasteiger partial charge in [-0.25, -0.2) is 0 Å². The van der Waals surface area contributed by atoms with Gasteiger partial charge in [-0.1, -0.05) is 26.2 Å². The molecule has 1 heterocycles. The Morgan fingerprint density at radius 2 is 2.10 bits per heavy atom. The number of carbonyl (C=O) groups is 1. The quantitative estimate of drug-likeness (QED) is 0.670. The number of nitrogens with one attached hydrogen (secondary N) is 2. The molecule has 4 nitrogen and oxygen atoms in total. The molecule has 1 rings (SSSR count). The maximum absolute atomic E-state index is 12.4. The molecule has 1 unspecified atom stereocenters. The Bertz CT molecular complexity index is 358. The minimum absolute atomic E-state index is 0.0630. The van der Waals surface area contributed by atoms with Gasteiger partial charge in [0.05, 0.1) is 6.54 Å². The van der Waals surface area contributed by atoms with Gasteiger partial charge in [0, 0.05) is 6.04 Å². The highest BCUT2D eigenvalue weighted by Gasteiger charge is 2.28. The van der Waals surface area contributed by atoms with Crippen molar-refractivity contribution in [1.82, 2.24) is 15.5 Å². The van der Waals surface area contributed by atoms with Crippen LogP contribution >= 0.6 is 0 Å². The van der Waals surface area contributed by atoms with E-state index in [0.717, 1.165) is 32.4 Å². The van der Waals surface area contributed by atoms with Gasteiger partial charge >= 0.3 is 0 Å². The minimum atomic E-state index is -0.479. The topological polar surface area (TPSA) is 44.4 Å². The first kappa shape index (κ1) is 18.0. The van der Waals surface area contributed by atoms with Gasteiger partial charge in [0.2, 0.25) is 5.91 Å². The lowest BCUT2D eigenvalue weighted by molar-refractivity contribution is -0.124. The van der Waals surface area contributed by atoms with E-state index in [4.69, 9.17) is 6.42 Å². The van der Waals surface area contributed by atoms with Crippen molar-refractivity contribution >= 4 is 5.91 Å². The summed E-state index contributed by atoms with van der Waals surface area (Å²) in [6, 6.07) is 0.514. The lowest BCUT2D eigenvalue weighted by Crippen LogP contribution is -2.52. The van der Waals surface area contributed by atoms with Crippen LogP contribution in [0.5, 0.6) is 0 Å². The van der Waals surface area contributed by atoms with Gasteiger partial charge in [-0.05, 0) is 52.2 Å². The third-order valence-corrected chi connectivity index (χ3v) is 4.69. The maximum atomic E-state index is 12.4. The second-order valence-corrected chi connectivity index (χ2v) is 5.99. The second-order valence-electron chi connectivity index (χ2n) is 5.99. The number of nitrogens with zero attached hydrogens (tertiary/aromatic N) is 1. The van der Waals surface area contributed by atoms with Crippen molar-refractivity contribution in [2.75, 3.05) is 26.7 Å². The summed E-state index contributed by atoms with van der Waals surface area (Å²) in [7, 11) is 1.98. The summed E-state index contributed by atoms with van der Waals surface area (Å²) >= 11 is 0. The van der Waals surface area contributed by atoms with Crippen molar-refractivity contribution < 1.29 is 4.79 Å². The Labute approximate surface area is 130 Å². The molecular weight excluding hydrogens is 262 g/mol.